The van der Waals surface area contributed by atoms with Gasteiger partial charge in [-0.15, -0.1) is 0 Å². The highest BCUT2D eigenvalue weighted by Gasteiger charge is 2.31. The number of H-pyrrole nitrogens is 1. The van der Waals surface area contributed by atoms with Gasteiger partial charge in [-0.2, -0.15) is 18.3 Å². The van der Waals surface area contributed by atoms with Gasteiger partial charge >= 0.3 is 12.1 Å². The van der Waals surface area contributed by atoms with Crippen molar-refractivity contribution in [2.24, 2.45) is 0 Å². The van der Waals surface area contributed by atoms with Crippen LogP contribution in [0.25, 0.3) is 22.4 Å². The molecule has 0 saturated carbocycles. The highest BCUT2D eigenvalue weighted by molar-refractivity contribution is 7.86. The third kappa shape index (κ3) is 6.64. The van der Waals surface area contributed by atoms with Crippen molar-refractivity contribution >= 4 is 39.5 Å². The van der Waals surface area contributed by atoms with Crippen LogP contribution < -0.4 is 9.62 Å². The third-order valence-electron chi connectivity index (χ3n) is 6.64. The standard InChI is InChI=1S/C29H24F4N6O5S/c1-2-39(45(44)18-6-4-3-5-7-18)21-9-8-17(40)10-16(21)14-34-26-23-24(28(42)43)37-38-27(23)36-25(35-26)19-12-20(30)22(41)11-15(19)13-29(31,32)33/h3-12,40-41H,2,13-14H2,1H3,(H,42,43)(H2,34,35,36,37,38). The first-order valence-corrected chi connectivity index (χ1v) is 14.3. The van der Waals surface area contributed by atoms with Crippen LogP contribution in [0, 0.1) is 5.82 Å². The Morgan fingerprint density at radius 1 is 1.04 bits per heavy atom. The quantitative estimate of drug-likeness (QED) is 0.123. The van der Waals surface area contributed by atoms with E-state index in [0.29, 0.717) is 34.8 Å². The van der Waals surface area contributed by atoms with E-state index in [0.717, 1.165) is 0 Å². The number of carboxylic acids is 1. The van der Waals surface area contributed by atoms with Gasteiger partial charge in [0.15, 0.2) is 39.7 Å². The average molecular weight is 645 g/mol. The molecule has 0 amide bonds. The van der Waals surface area contributed by atoms with Crippen LogP contribution in [-0.2, 0) is 24.0 Å². The molecular weight excluding hydrogens is 620 g/mol. The highest BCUT2D eigenvalue weighted by atomic mass is 32.2. The van der Waals surface area contributed by atoms with E-state index in [-0.39, 0.29) is 29.1 Å². The van der Waals surface area contributed by atoms with Gasteiger partial charge in [-0.3, -0.25) is 9.40 Å². The number of hydrogen-bond acceptors (Lipinski definition) is 8. The topological polar surface area (TPSA) is 165 Å². The molecule has 0 bridgehead atoms. The van der Waals surface area contributed by atoms with E-state index in [2.05, 4.69) is 25.5 Å². The molecule has 1 atom stereocenters. The fourth-order valence-electron chi connectivity index (χ4n) is 4.68. The number of phenols is 2. The molecule has 45 heavy (non-hydrogen) atoms. The van der Waals surface area contributed by atoms with Crippen molar-refractivity contribution < 1.29 is 41.9 Å². The second kappa shape index (κ2) is 12.4. The van der Waals surface area contributed by atoms with Crippen molar-refractivity contribution in [3.05, 3.63) is 83.3 Å². The third-order valence-corrected chi connectivity index (χ3v) is 8.17. The van der Waals surface area contributed by atoms with Crippen LogP contribution in [0.15, 0.2) is 65.6 Å². The smallest absolute Gasteiger partial charge is 0.393 e. The molecule has 2 heterocycles. The number of alkyl halides is 3. The van der Waals surface area contributed by atoms with E-state index in [1.807, 2.05) is 0 Å². The molecule has 0 aliphatic heterocycles. The molecular formula is C29H24F4N6O5S. The minimum absolute atomic E-state index is 0.121. The van der Waals surface area contributed by atoms with Crippen LogP contribution in [0.5, 0.6) is 11.5 Å². The monoisotopic (exact) mass is 644 g/mol. The Balaban J connectivity index is 1.60. The van der Waals surface area contributed by atoms with E-state index < -0.39 is 63.8 Å². The molecule has 0 spiro atoms. The fraction of sp³-hybridized carbons (Fsp3) is 0.172. The van der Waals surface area contributed by atoms with Gasteiger partial charge in [0.2, 0.25) is 0 Å². The van der Waals surface area contributed by atoms with Gasteiger partial charge in [0.05, 0.1) is 22.4 Å². The largest absolute Gasteiger partial charge is 0.508 e. The molecule has 16 heteroatoms. The summed E-state index contributed by atoms with van der Waals surface area (Å²) in [6.45, 7) is 1.92. The SMILES string of the molecule is CCN(c1ccc(O)cc1CNc1nc(-c2cc(F)c(O)cc2CC(F)(F)F)nc2n[nH]c(C(=O)O)c12)S(=O)c1ccccc1. The van der Waals surface area contributed by atoms with Crippen LogP contribution in [-0.4, -0.2) is 58.4 Å². The summed E-state index contributed by atoms with van der Waals surface area (Å²) in [6.07, 6.45) is -6.27. The number of aromatic amines is 1. The van der Waals surface area contributed by atoms with Crippen molar-refractivity contribution in [1.82, 2.24) is 20.2 Å². The number of anilines is 2. The number of aromatic nitrogens is 4. The zero-order valence-electron chi connectivity index (χ0n) is 23.3. The zero-order chi connectivity index (χ0) is 32.5. The van der Waals surface area contributed by atoms with Crippen LogP contribution in [0.4, 0.5) is 29.1 Å². The molecule has 11 nitrogen and oxygen atoms in total. The maximum atomic E-state index is 14.4. The number of rotatable bonds is 10. The molecule has 5 N–H and O–H groups in total. The van der Waals surface area contributed by atoms with Crippen molar-refractivity contribution in [1.29, 1.82) is 0 Å². The molecule has 2 aromatic heterocycles. The summed E-state index contributed by atoms with van der Waals surface area (Å²) in [4.78, 5) is 20.8. The molecule has 0 fully saturated rings. The Labute approximate surface area is 254 Å². The van der Waals surface area contributed by atoms with Crippen LogP contribution in [0.2, 0.25) is 0 Å². The number of nitrogens with one attached hydrogen (secondary N) is 2. The van der Waals surface area contributed by atoms with Gasteiger partial charge in [-0.1, -0.05) is 18.2 Å². The number of fused-ring (bicyclic) bond motifs is 1. The maximum absolute atomic E-state index is 14.4. The summed E-state index contributed by atoms with van der Waals surface area (Å²) in [5.74, 6) is -4.40. The predicted octanol–water partition coefficient (Wildman–Crippen LogP) is 5.53. The fourth-order valence-corrected chi connectivity index (χ4v) is 5.92. The van der Waals surface area contributed by atoms with Crippen molar-refractivity contribution in [2.75, 3.05) is 16.2 Å². The Kier molecular flexibility index (Phi) is 8.59. The van der Waals surface area contributed by atoms with Gasteiger partial charge in [-0.05, 0) is 60.5 Å². The lowest BCUT2D eigenvalue weighted by atomic mass is 10.0. The average Bonchev–Trinajstić information content (AvgIpc) is 3.43. The molecule has 234 valence electrons. The Bertz CT molecular complexity index is 1920. The summed E-state index contributed by atoms with van der Waals surface area (Å²) >= 11 is 0. The molecule has 5 aromatic rings. The van der Waals surface area contributed by atoms with Gasteiger partial charge in [0.1, 0.15) is 11.6 Å². The second-order valence-electron chi connectivity index (χ2n) is 9.67. The Hall–Kier alpha value is -5.25. The molecule has 1 unspecified atom stereocenters. The number of carboxylic acid groups (broad SMARTS) is 1. The number of phenolic OH excluding ortho intramolecular Hbond substituents is 2. The number of benzene rings is 3. The summed E-state index contributed by atoms with van der Waals surface area (Å²) in [5.41, 5.74) is -0.748. The van der Waals surface area contributed by atoms with Crippen LogP contribution >= 0.6 is 0 Å². The van der Waals surface area contributed by atoms with E-state index in [1.165, 1.54) is 12.1 Å². The molecule has 3 aromatic carbocycles. The van der Waals surface area contributed by atoms with Crippen molar-refractivity contribution in [2.45, 2.75) is 31.0 Å². The lowest BCUT2D eigenvalue weighted by molar-refractivity contribution is -0.127. The van der Waals surface area contributed by atoms with Crippen molar-refractivity contribution in [3.8, 4) is 22.9 Å². The second-order valence-corrected chi connectivity index (χ2v) is 11.1. The summed E-state index contributed by atoms with van der Waals surface area (Å²) < 4.78 is 69.6. The summed E-state index contributed by atoms with van der Waals surface area (Å²) in [5, 5.41) is 38.8. The molecule has 0 aliphatic rings. The highest BCUT2D eigenvalue weighted by Crippen LogP contribution is 2.35. The number of nitrogens with zero attached hydrogens (tertiary/aromatic N) is 4. The van der Waals surface area contributed by atoms with E-state index >= 15 is 0 Å². The first kappa shape index (κ1) is 31.2. The number of aromatic hydroxyl groups is 2. The van der Waals surface area contributed by atoms with Crippen LogP contribution in [0.3, 0.4) is 0 Å². The lowest BCUT2D eigenvalue weighted by Gasteiger charge is -2.25. The van der Waals surface area contributed by atoms with E-state index in [1.54, 1.807) is 47.6 Å². The number of halogens is 4. The number of hydrogen-bond donors (Lipinski definition) is 5. The Morgan fingerprint density at radius 3 is 2.44 bits per heavy atom. The van der Waals surface area contributed by atoms with E-state index in [4.69, 9.17) is 0 Å². The zero-order valence-corrected chi connectivity index (χ0v) is 24.1. The summed E-state index contributed by atoms with van der Waals surface area (Å²) in [7, 11) is -1.65. The van der Waals surface area contributed by atoms with Crippen molar-refractivity contribution in [3.63, 3.8) is 0 Å². The first-order chi connectivity index (χ1) is 21.4. The normalized spacial score (nSPS) is 12.3. The van der Waals surface area contributed by atoms with E-state index in [9.17, 15) is 41.9 Å². The van der Waals surface area contributed by atoms with Gasteiger partial charge in [0, 0.05) is 18.7 Å². The molecule has 0 saturated heterocycles. The first-order valence-electron chi connectivity index (χ1n) is 13.2. The maximum Gasteiger partial charge on any atom is 0.393 e. The minimum atomic E-state index is -4.73. The molecule has 5 rings (SSSR count). The van der Waals surface area contributed by atoms with Crippen LogP contribution in [0.1, 0.15) is 28.5 Å². The lowest BCUT2D eigenvalue weighted by Crippen LogP contribution is -2.27. The number of aromatic carboxylic acids is 1. The Morgan fingerprint density at radius 2 is 1.78 bits per heavy atom. The predicted molar refractivity (Wildman–Crippen MR) is 157 cm³/mol. The van der Waals surface area contributed by atoms with Gasteiger partial charge in [-0.25, -0.2) is 23.4 Å². The van der Waals surface area contributed by atoms with Gasteiger partial charge in [0.25, 0.3) is 0 Å². The number of carbonyl (C=O) groups is 1. The minimum Gasteiger partial charge on any atom is -0.508 e. The molecule has 0 aliphatic carbocycles. The molecule has 0 radical (unpaired) electrons. The summed E-state index contributed by atoms with van der Waals surface area (Å²) in [6, 6.07) is 14.3. The van der Waals surface area contributed by atoms with Gasteiger partial charge < -0.3 is 20.6 Å².